The monoisotopic (exact) mass is 349 g/mol. The second-order valence-corrected chi connectivity index (χ2v) is 6.79. The maximum absolute atomic E-state index is 10.8. The van der Waals surface area contributed by atoms with Crippen molar-refractivity contribution in [2.75, 3.05) is 24.9 Å². The van der Waals surface area contributed by atoms with E-state index in [1.165, 1.54) is 18.1 Å². The molecule has 2 aromatic heterocycles. The van der Waals surface area contributed by atoms with Crippen LogP contribution in [-0.2, 0) is 15.8 Å². The molecule has 5 N–H and O–H groups in total. The van der Waals surface area contributed by atoms with E-state index < -0.39 is 26.7 Å². The molecular formula is C10H16N5O5PS. The van der Waals surface area contributed by atoms with Crippen molar-refractivity contribution in [3.8, 4) is 0 Å². The van der Waals surface area contributed by atoms with Gasteiger partial charge in [-0.3, -0.25) is 4.57 Å². The standard InChI is InChI=1S/C10H16N5O5PS/c1-22-10-13-8(11)7-9(14-10)15(4-12-7)2-6(3-16)20-5-21(17,18)19/h4,6,16H,2-3,5H2,1H3,(H2,11,13,14)(H2,17,18,19). The van der Waals surface area contributed by atoms with Gasteiger partial charge in [0.25, 0.3) is 0 Å². The molecule has 22 heavy (non-hydrogen) atoms. The first-order valence-electron chi connectivity index (χ1n) is 6.13. The summed E-state index contributed by atoms with van der Waals surface area (Å²) in [6.45, 7) is -0.285. The van der Waals surface area contributed by atoms with Crippen LogP contribution in [0, 0.1) is 0 Å². The van der Waals surface area contributed by atoms with E-state index in [9.17, 15) is 9.67 Å². The molecule has 0 amide bonds. The van der Waals surface area contributed by atoms with Crippen LogP contribution in [0.4, 0.5) is 5.82 Å². The van der Waals surface area contributed by atoms with Crippen molar-refractivity contribution in [2.45, 2.75) is 17.8 Å². The van der Waals surface area contributed by atoms with Gasteiger partial charge in [-0.25, -0.2) is 15.0 Å². The number of ether oxygens (including phenoxy) is 1. The summed E-state index contributed by atoms with van der Waals surface area (Å²) in [5, 5.41) is 9.75. The molecule has 0 radical (unpaired) electrons. The zero-order chi connectivity index (χ0) is 16.3. The number of aromatic nitrogens is 4. The SMILES string of the molecule is CSc1nc(N)c2ncn(CC(CO)OCP(=O)(O)O)c2n1. The summed E-state index contributed by atoms with van der Waals surface area (Å²) in [6, 6.07) is 0. The van der Waals surface area contributed by atoms with Crippen LogP contribution in [0.3, 0.4) is 0 Å². The third-order valence-electron chi connectivity index (χ3n) is 2.74. The zero-order valence-electron chi connectivity index (χ0n) is 11.7. The number of thioether (sulfide) groups is 1. The number of hydrogen-bond acceptors (Lipinski definition) is 8. The summed E-state index contributed by atoms with van der Waals surface area (Å²) >= 11 is 1.32. The van der Waals surface area contributed by atoms with Crippen LogP contribution >= 0.6 is 19.4 Å². The van der Waals surface area contributed by atoms with Crippen LogP contribution in [0.1, 0.15) is 0 Å². The Morgan fingerprint density at radius 3 is 2.82 bits per heavy atom. The topological polar surface area (TPSA) is 157 Å². The Bertz CT molecular complexity index is 704. The predicted octanol–water partition coefficient (Wildman–Crippen LogP) is -0.357. The van der Waals surface area contributed by atoms with Gasteiger partial charge in [0.2, 0.25) is 0 Å². The highest BCUT2D eigenvalue weighted by molar-refractivity contribution is 7.98. The molecule has 0 aliphatic heterocycles. The minimum absolute atomic E-state index is 0.122. The average molecular weight is 349 g/mol. The molecule has 0 saturated heterocycles. The van der Waals surface area contributed by atoms with Gasteiger partial charge in [-0.15, -0.1) is 0 Å². The quantitative estimate of drug-likeness (QED) is 0.296. The van der Waals surface area contributed by atoms with Crippen LogP contribution in [0.5, 0.6) is 0 Å². The van der Waals surface area contributed by atoms with Crippen LogP contribution in [-0.4, -0.2) is 59.7 Å². The van der Waals surface area contributed by atoms with E-state index in [0.717, 1.165) is 0 Å². The van der Waals surface area contributed by atoms with E-state index in [0.29, 0.717) is 16.3 Å². The molecule has 2 rings (SSSR count). The number of imidazole rings is 1. The van der Waals surface area contributed by atoms with Gasteiger partial charge in [0.1, 0.15) is 11.9 Å². The summed E-state index contributed by atoms with van der Waals surface area (Å²) in [5.74, 6) is 0.241. The summed E-state index contributed by atoms with van der Waals surface area (Å²) in [6.07, 6.45) is 1.70. The first-order chi connectivity index (χ1) is 10.3. The molecule has 0 aliphatic carbocycles. The fraction of sp³-hybridized carbons (Fsp3) is 0.500. The molecule has 2 aromatic rings. The molecule has 0 bridgehead atoms. The van der Waals surface area contributed by atoms with Crippen LogP contribution in [0.2, 0.25) is 0 Å². The normalized spacial score (nSPS) is 13.6. The maximum Gasteiger partial charge on any atom is 0.350 e. The van der Waals surface area contributed by atoms with Crippen LogP contribution in [0.15, 0.2) is 11.5 Å². The van der Waals surface area contributed by atoms with Crippen molar-refractivity contribution in [1.29, 1.82) is 0 Å². The molecule has 1 atom stereocenters. The van der Waals surface area contributed by atoms with Crippen molar-refractivity contribution in [3.63, 3.8) is 0 Å². The number of rotatable bonds is 7. The fourth-order valence-electron chi connectivity index (χ4n) is 1.76. The van der Waals surface area contributed by atoms with E-state index >= 15 is 0 Å². The van der Waals surface area contributed by atoms with E-state index in [-0.39, 0.29) is 12.4 Å². The summed E-state index contributed by atoms with van der Waals surface area (Å²) in [4.78, 5) is 30.1. The van der Waals surface area contributed by atoms with Gasteiger partial charge in [0, 0.05) is 0 Å². The number of aliphatic hydroxyl groups is 1. The van der Waals surface area contributed by atoms with E-state index in [1.54, 1.807) is 10.8 Å². The van der Waals surface area contributed by atoms with Crippen molar-refractivity contribution in [3.05, 3.63) is 6.33 Å². The number of nitrogens with zero attached hydrogens (tertiary/aromatic N) is 4. The summed E-state index contributed by atoms with van der Waals surface area (Å²) in [5.41, 5.74) is 6.69. The van der Waals surface area contributed by atoms with Gasteiger partial charge >= 0.3 is 7.60 Å². The summed E-state index contributed by atoms with van der Waals surface area (Å²) < 4.78 is 17.4. The molecule has 10 nitrogen and oxygen atoms in total. The van der Waals surface area contributed by atoms with Gasteiger partial charge in [-0.2, -0.15) is 0 Å². The van der Waals surface area contributed by atoms with Crippen molar-refractivity contribution in [1.82, 2.24) is 19.5 Å². The molecule has 0 aliphatic rings. The van der Waals surface area contributed by atoms with E-state index in [4.69, 9.17) is 20.3 Å². The number of nitrogen functional groups attached to an aromatic ring is 1. The number of nitrogens with two attached hydrogens (primary N) is 1. The number of fused-ring (bicyclic) bond motifs is 1. The van der Waals surface area contributed by atoms with Crippen LogP contribution in [0.25, 0.3) is 11.2 Å². The van der Waals surface area contributed by atoms with Crippen molar-refractivity contribution >= 4 is 36.3 Å². The highest BCUT2D eigenvalue weighted by Gasteiger charge is 2.19. The van der Waals surface area contributed by atoms with Gasteiger partial charge < -0.3 is 29.9 Å². The lowest BCUT2D eigenvalue weighted by Gasteiger charge is -2.16. The Morgan fingerprint density at radius 1 is 1.50 bits per heavy atom. The van der Waals surface area contributed by atoms with Gasteiger partial charge in [0.05, 0.1) is 25.6 Å². The molecule has 1 unspecified atom stereocenters. The van der Waals surface area contributed by atoms with E-state index in [2.05, 4.69) is 15.0 Å². The molecule has 2 heterocycles. The Labute approximate surface area is 129 Å². The highest BCUT2D eigenvalue weighted by atomic mass is 32.2. The molecule has 122 valence electrons. The number of aliphatic hydroxyl groups excluding tert-OH is 1. The Balaban J connectivity index is 2.23. The first kappa shape index (κ1) is 17.1. The van der Waals surface area contributed by atoms with Crippen LogP contribution < -0.4 is 5.73 Å². The lowest BCUT2D eigenvalue weighted by Crippen LogP contribution is -2.24. The second kappa shape index (κ2) is 6.90. The zero-order valence-corrected chi connectivity index (χ0v) is 13.4. The number of hydrogen-bond donors (Lipinski definition) is 4. The van der Waals surface area contributed by atoms with E-state index in [1.807, 2.05) is 0 Å². The third-order valence-corrected chi connectivity index (χ3v) is 3.77. The smallest absolute Gasteiger partial charge is 0.350 e. The van der Waals surface area contributed by atoms with Crippen molar-refractivity contribution in [2.24, 2.45) is 0 Å². The first-order valence-corrected chi connectivity index (χ1v) is 9.15. The summed E-state index contributed by atoms with van der Waals surface area (Å²) in [7, 11) is -4.30. The number of anilines is 1. The van der Waals surface area contributed by atoms with Gasteiger partial charge in [-0.05, 0) is 6.26 Å². The molecular weight excluding hydrogens is 333 g/mol. The molecule has 0 fully saturated rings. The molecule has 0 spiro atoms. The Hall–Kier alpha value is -1.23. The Kier molecular flexibility index (Phi) is 5.37. The molecule has 0 aromatic carbocycles. The maximum atomic E-state index is 10.8. The van der Waals surface area contributed by atoms with Gasteiger partial charge in [0.15, 0.2) is 16.6 Å². The molecule has 12 heteroatoms. The third kappa shape index (κ3) is 4.15. The largest absolute Gasteiger partial charge is 0.394 e. The lowest BCUT2D eigenvalue weighted by atomic mass is 10.3. The minimum atomic E-state index is -4.30. The second-order valence-electron chi connectivity index (χ2n) is 4.43. The average Bonchev–Trinajstić information content (AvgIpc) is 2.85. The molecule has 0 saturated carbocycles. The highest BCUT2D eigenvalue weighted by Crippen LogP contribution is 2.34. The lowest BCUT2D eigenvalue weighted by molar-refractivity contribution is 0.0202. The fourth-order valence-corrected chi connectivity index (χ4v) is 2.53. The predicted molar refractivity (Wildman–Crippen MR) is 80.4 cm³/mol. The van der Waals surface area contributed by atoms with Crippen molar-refractivity contribution < 1.29 is 24.2 Å². The van der Waals surface area contributed by atoms with Gasteiger partial charge in [-0.1, -0.05) is 11.8 Å². The Morgan fingerprint density at radius 2 is 2.23 bits per heavy atom. The minimum Gasteiger partial charge on any atom is -0.394 e.